The molecule has 0 aromatic heterocycles. The predicted octanol–water partition coefficient (Wildman–Crippen LogP) is 0.992. The van der Waals surface area contributed by atoms with Gasteiger partial charge in [-0.05, 0) is 37.6 Å². The molecule has 5 nitrogen and oxygen atoms in total. The second-order valence-electron chi connectivity index (χ2n) is 5.66. The van der Waals surface area contributed by atoms with Crippen LogP contribution in [-0.2, 0) is 16.4 Å². The van der Waals surface area contributed by atoms with Crippen LogP contribution in [0.3, 0.4) is 0 Å². The molecule has 1 fully saturated rings. The number of fused-ring (bicyclic) bond motifs is 1. The van der Waals surface area contributed by atoms with Crippen LogP contribution in [0, 0.1) is 0 Å². The Labute approximate surface area is 120 Å². The Hall–Kier alpha value is -1.11. The van der Waals surface area contributed by atoms with E-state index in [1.807, 2.05) is 13.8 Å². The summed E-state index contributed by atoms with van der Waals surface area (Å²) in [6.07, 6.45) is 0.785. The van der Waals surface area contributed by atoms with Crippen molar-refractivity contribution in [1.82, 2.24) is 9.62 Å². The Bertz CT molecular complexity index is 605. The number of rotatable bonds is 2. The van der Waals surface area contributed by atoms with Crippen LogP contribution < -0.4 is 10.1 Å². The highest BCUT2D eigenvalue weighted by atomic mass is 32.2. The first-order chi connectivity index (χ1) is 9.46. The molecule has 0 amide bonds. The summed E-state index contributed by atoms with van der Waals surface area (Å²) in [6, 6.07) is 5.52. The zero-order valence-corrected chi connectivity index (χ0v) is 12.6. The molecule has 1 aromatic rings. The zero-order valence-electron chi connectivity index (χ0n) is 11.8. The van der Waals surface area contributed by atoms with Gasteiger partial charge in [0.2, 0.25) is 10.0 Å². The molecular weight excluding hydrogens is 276 g/mol. The van der Waals surface area contributed by atoms with Gasteiger partial charge in [-0.3, -0.25) is 0 Å². The lowest BCUT2D eigenvalue weighted by molar-refractivity contribution is 0.263. The molecule has 0 unspecified atom stereocenters. The monoisotopic (exact) mass is 296 g/mol. The van der Waals surface area contributed by atoms with Crippen molar-refractivity contribution in [3.63, 3.8) is 0 Å². The van der Waals surface area contributed by atoms with Crippen molar-refractivity contribution in [2.75, 3.05) is 19.7 Å². The van der Waals surface area contributed by atoms with Gasteiger partial charge >= 0.3 is 0 Å². The fourth-order valence-electron chi connectivity index (χ4n) is 2.95. The van der Waals surface area contributed by atoms with Crippen molar-refractivity contribution in [1.29, 1.82) is 0 Å². The molecule has 2 atom stereocenters. The number of nitrogens with zero attached hydrogens (tertiary/aromatic N) is 1. The fourth-order valence-corrected chi connectivity index (χ4v) is 4.61. The summed E-state index contributed by atoms with van der Waals surface area (Å²) in [5, 5.41) is 3.35. The third-order valence-corrected chi connectivity index (χ3v) is 5.65. The average molecular weight is 296 g/mol. The summed E-state index contributed by atoms with van der Waals surface area (Å²) < 4.78 is 32.5. The molecule has 20 heavy (non-hydrogen) atoms. The maximum absolute atomic E-state index is 12.7. The van der Waals surface area contributed by atoms with Crippen LogP contribution >= 0.6 is 0 Å². The van der Waals surface area contributed by atoms with Gasteiger partial charge in [-0.25, -0.2) is 8.42 Å². The van der Waals surface area contributed by atoms with Crippen LogP contribution in [0.25, 0.3) is 0 Å². The van der Waals surface area contributed by atoms with Gasteiger partial charge < -0.3 is 10.1 Å². The number of piperazine rings is 1. The number of sulfonamides is 1. The second kappa shape index (κ2) is 5.02. The van der Waals surface area contributed by atoms with Crippen LogP contribution in [0.5, 0.6) is 5.75 Å². The Morgan fingerprint density at radius 3 is 2.65 bits per heavy atom. The fraction of sp³-hybridized carbons (Fsp3) is 0.571. The molecule has 0 spiro atoms. The van der Waals surface area contributed by atoms with Crippen LogP contribution in [0.1, 0.15) is 19.4 Å². The van der Waals surface area contributed by atoms with E-state index in [1.54, 1.807) is 22.5 Å². The van der Waals surface area contributed by atoms with E-state index < -0.39 is 10.0 Å². The standard InChI is InChI=1S/C14H20N2O3S/c1-10-8-16(9-11(2)15-10)20(17,18)13-3-4-14-12(7-13)5-6-19-14/h3-4,7,10-11,15H,5-6,8-9H2,1-2H3/t10-,11-/m0/s1. The Morgan fingerprint density at radius 2 is 1.95 bits per heavy atom. The van der Waals surface area contributed by atoms with E-state index in [0.29, 0.717) is 24.6 Å². The maximum Gasteiger partial charge on any atom is 0.243 e. The number of hydrogen-bond donors (Lipinski definition) is 1. The SMILES string of the molecule is C[C@H]1CN(S(=O)(=O)c2ccc3c(c2)CCO3)C[C@H](C)N1. The van der Waals surface area contributed by atoms with Crippen LogP contribution in [0.15, 0.2) is 23.1 Å². The molecule has 3 rings (SSSR count). The third-order valence-electron chi connectivity index (χ3n) is 3.82. The highest BCUT2D eigenvalue weighted by molar-refractivity contribution is 7.89. The molecule has 0 aliphatic carbocycles. The van der Waals surface area contributed by atoms with E-state index in [-0.39, 0.29) is 12.1 Å². The molecule has 0 radical (unpaired) electrons. The van der Waals surface area contributed by atoms with Gasteiger partial charge in [-0.15, -0.1) is 0 Å². The average Bonchev–Trinajstić information content (AvgIpc) is 2.84. The molecule has 1 N–H and O–H groups in total. The van der Waals surface area contributed by atoms with Crippen LogP contribution in [0.4, 0.5) is 0 Å². The third kappa shape index (κ3) is 2.43. The summed E-state index contributed by atoms with van der Waals surface area (Å²) in [5.74, 6) is 0.811. The molecule has 6 heteroatoms. The van der Waals surface area contributed by atoms with E-state index in [9.17, 15) is 8.42 Å². The quantitative estimate of drug-likeness (QED) is 0.884. The summed E-state index contributed by atoms with van der Waals surface area (Å²) in [4.78, 5) is 0.378. The van der Waals surface area contributed by atoms with E-state index in [1.165, 1.54) is 0 Å². The zero-order chi connectivity index (χ0) is 14.3. The van der Waals surface area contributed by atoms with Gasteiger partial charge in [0.1, 0.15) is 5.75 Å². The van der Waals surface area contributed by atoms with Crippen molar-refractivity contribution < 1.29 is 13.2 Å². The molecule has 2 aliphatic heterocycles. The van der Waals surface area contributed by atoms with E-state index in [0.717, 1.165) is 17.7 Å². The van der Waals surface area contributed by atoms with Gasteiger partial charge in [0.15, 0.2) is 0 Å². The first kappa shape index (κ1) is 13.9. The summed E-state index contributed by atoms with van der Waals surface area (Å²) >= 11 is 0. The number of benzene rings is 1. The van der Waals surface area contributed by atoms with Crippen molar-refractivity contribution in [3.05, 3.63) is 23.8 Å². The first-order valence-corrected chi connectivity index (χ1v) is 8.43. The van der Waals surface area contributed by atoms with Crippen molar-refractivity contribution >= 4 is 10.0 Å². The first-order valence-electron chi connectivity index (χ1n) is 6.99. The van der Waals surface area contributed by atoms with E-state index in [4.69, 9.17) is 4.74 Å². The second-order valence-corrected chi connectivity index (χ2v) is 7.60. The van der Waals surface area contributed by atoms with E-state index >= 15 is 0 Å². The summed E-state index contributed by atoms with van der Waals surface area (Å²) in [6.45, 7) is 5.69. The normalized spacial score (nSPS) is 27.1. The molecule has 1 saturated heterocycles. The Balaban J connectivity index is 1.91. The predicted molar refractivity (Wildman–Crippen MR) is 76.5 cm³/mol. The maximum atomic E-state index is 12.7. The van der Waals surface area contributed by atoms with E-state index in [2.05, 4.69) is 5.32 Å². The lowest BCUT2D eigenvalue weighted by Gasteiger charge is -2.35. The van der Waals surface area contributed by atoms with Gasteiger partial charge in [-0.2, -0.15) is 4.31 Å². The molecule has 2 heterocycles. The minimum absolute atomic E-state index is 0.172. The number of ether oxygens (including phenoxy) is 1. The molecule has 0 saturated carbocycles. The van der Waals surface area contributed by atoms with Gasteiger partial charge in [0, 0.05) is 31.6 Å². The van der Waals surface area contributed by atoms with Crippen LogP contribution in [0.2, 0.25) is 0 Å². The molecule has 0 bridgehead atoms. The summed E-state index contributed by atoms with van der Waals surface area (Å²) in [7, 11) is -3.41. The smallest absolute Gasteiger partial charge is 0.243 e. The van der Waals surface area contributed by atoms with Gasteiger partial charge in [-0.1, -0.05) is 0 Å². The molecule has 1 aromatic carbocycles. The lowest BCUT2D eigenvalue weighted by atomic mass is 10.2. The lowest BCUT2D eigenvalue weighted by Crippen LogP contribution is -2.55. The Morgan fingerprint density at radius 1 is 1.25 bits per heavy atom. The summed E-state index contributed by atoms with van der Waals surface area (Å²) in [5.41, 5.74) is 0.988. The highest BCUT2D eigenvalue weighted by Gasteiger charge is 2.32. The minimum Gasteiger partial charge on any atom is -0.493 e. The van der Waals surface area contributed by atoms with Crippen LogP contribution in [-0.4, -0.2) is 44.5 Å². The number of nitrogens with one attached hydrogen (secondary N) is 1. The van der Waals surface area contributed by atoms with Gasteiger partial charge in [0.05, 0.1) is 11.5 Å². The Kier molecular flexibility index (Phi) is 3.48. The topological polar surface area (TPSA) is 58.6 Å². The largest absolute Gasteiger partial charge is 0.493 e. The minimum atomic E-state index is -3.41. The van der Waals surface area contributed by atoms with Crippen molar-refractivity contribution in [2.45, 2.75) is 37.2 Å². The highest BCUT2D eigenvalue weighted by Crippen LogP contribution is 2.29. The molecule has 110 valence electrons. The van der Waals surface area contributed by atoms with Crippen molar-refractivity contribution in [2.24, 2.45) is 0 Å². The molecular formula is C14H20N2O3S. The molecule has 2 aliphatic rings. The van der Waals surface area contributed by atoms with Crippen molar-refractivity contribution in [3.8, 4) is 5.75 Å². The van der Waals surface area contributed by atoms with Gasteiger partial charge in [0.25, 0.3) is 0 Å². The number of hydrogen-bond acceptors (Lipinski definition) is 4.